The fraction of sp³-hybridized carbons (Fsp3) is 0.862. The molecule has 1 heteroatoms. The Kier molecular flexibility index (Phi) is 6.61. The standard InChI is InChI=1S/C29H48O/c1-6-21(20(2)3)9-7-8-10-22-12-14-26-25-13-11-23-19-24(30)15-17-29(23,5)27(25)16-18-28(22,26)4/h7,9,11,20-22,24-27,30H,6,8,10,12-19H2,1-5H3/b9-7+. The van der Waals surface area contributed by atoms with Crippen LogP contribution in [0.4, 0.5) is 0 Å². The number of hydrogen-bond acceptors (Lipinski definition) is 1. The summed E-state index contributed by atoms with van der Waals surface area (Å²) in [6.07, 6.45) is 21.8. The lowest BCUT2D eigenvalue weighted by atomic mass is 9.47. The quantitative estimate of drug-likeness (QED) is 0.439. The van der Waals surface area contributed by atoms with Crippen molar-refractivity contribution in [1.29, 1.82) is 0 Å². The Hall–Kier alpha value is -0.560. The first-order chi connectivity index (χ1) is 14.3. The van der Waals surface area contributed by atoms with Crippen molar-refractivity contribution < 1.29 is 5.11 Å². The molecule has 1 N–H and O–H groups in total. The van der Waals surface area contributed by atoms with Gasteiger partial charge in [-0.05, 0) is 117 Å². The van der Waals surface area contributed by atoms with Crippen molar-refractivity contribution in [1.82, 2.24) is 0 Å². The molecule has 3 saturated carbocycles. The van der Waals surface area contributed by atoms with E-state index in [0.29, 0.717) is 10.8 Å². The van der Waals surface area contributed by atoms with Crippen molar-refractivity contribution in [3.8, 4) is 0 Å². The van der Waals surface area contributed by atoms with E-state index in [1.54, 1.807) is 5.57 Å². The molecule has 0 heterocycles. The van der Waals surface area contributed by atoms with Crippen LogP contribution in [0.3, 0.4) is 0 Å². The van der Waals surface area contributed by atoms with Crippen LogP contribution in [0.1, 0.15) is 105 Å². The molecule has 0 aromatic heterocycles. The van der Waals surface area contributed by atoms with Gasteiger partial charge in [0.05, 0.1) is 6.10 Å². The van der Waals surface area contributed by atoms with Gasteiger partial charge in [0.2, 0.25) is 0 Å². The minimum atomic E-state index is -0.0818. The van der Waals surface area contributed by atoms with Crippen molar-refractivity contribution in [2.75, 3.05) is 0 Å². The molecule has 0 saturated heterocycles. The highest BCUT2D eigenvalue weighted by Gasteiger charge is 2.58. The van der Waals surface area contributed by atoms with Gasteiger partial charge in [0.25, 0.3) is 0 Å². The summed E-state index contributed by atoms with van der Waals surface area (Å²) in [6, 6.07) is 0. The highest BCUT2D eigenvalue weighted by Crippen LogP contribution is 2.66. The van der Waals surface area contributed by atoms with Crippen molar-refractivity contribution in [2.24, 2.45) is 46.3 Å². The second-order valence-electron chi connectivity index (χ2n) is 12.3. The Morgan fingerprint density at radius 3 is 2.63 bits per heavy atom. The third-order valence-electron chi connectivity index (χ3n) is 10.7. The molecule has 1 nitrogen and oxygen atoms in total. The summed E-state index contributed by atoms with van der Waals surface area (Å²) in [5.74, 6) is 5.16. The van der Waals surface area contributed by atoms with Gasteiger partial charge >= 0.3 is 0 Å². The Labute approximate surface area is 186 Å². The zero-order valence-corrected chi connectivity index (χ0v) is 20.5. The molecule has 0 aromatic rings. The third kappa shape index (κ3) is 3.87. The van der Waals surface area contributed by atoms with E-state index in [9.17, 15) is 5.11 Å². The van der Waals surface area contributed by atoms with Crippen LogP contribution in [0.5, 0.6) is 0 Å². The smallest absolute Gasteiger partial charge is 0.0577 e. The average Bonchev–Trinajstić information content (AvgIpc) is 3.04. The van der Waals surface area contributed by atoms with Gasteiger partial charge in [0, 0.05) is 0 Å². The van der Waals surface area contributed by atoms with Crippen molar-refractivity contribution in [3.63, 3.8) is 0 Å². The zero-order valence-electron chi connectivity index (χ0n) is 20.5. The van der Waals surface area contributed by atoms with E-state index >= 15 is 0 Å². The summed E-state index contributed by atoms with van der Waals surface area (Å²) in [5.41, 5.74) is 2.57. The summed E-state index contributed by atoms with van der Waals surface area (Å²) in [7, 11) is 0. The highest BCUT2D eigenvalue weighted by atomic mass is 16.3. The van der Waals surface area contributed by atoms with Gasteiger partial charge in [-0.15, -0.1) is 0 Å². The van der Waals surface area contributed by atoms with Gasteiger partial charge < -0.3 is 5.11 Å². The summed E-state index contributed by atoms with van der Waals surface area (Å²) in [5, 5.41) is 10.2. The van der Waals surface area contributed by atoms with E-state index in [-0.39, 0.29) is 6.10 Å². The fourth-order valence-electron chi connectivity index (χ4n) is 8.62. The Balaban J connectivity index is 1.42. The van der Waals surface area contributed by atoms with Gasteiger partial charge in [-0.2, -0.15) is 0 Å². The number of rotatable bonds is 6. The summed E-state index contributed by atoms with van der Waals surface area (Å²) < 4.78 is 0. The average molecular weight is 413 g/mol. The molecule has 0 spiro atoms. The van der Waals surface area contributed by atoms with Crippen LogP contribution in [-0.4, -0.2) is 11.2 Å². The number of hydrogen-bond donors (Lipinski definition) is 1. The predicted molar refractivity (Wildman–Crippen MR) is 128 cm³/mol. The molecule has 4 aliphatic rings. The molecule has 0 aliphatic heterocycles. The van der Waals surface area contributed by atoms with Gasteiger partial charge in [-0.1, -0.05) is 58.4 Å². The molecule has 0 bridgehead atoms. The predicted octanol–water partition coefficient (Wildman–Crippen LogP) is 7.94. The molecule has 4 rings (SSSR count). The van der Waals surface area contributed by atoms with Crippen molar-refractivity contribution >= 4 is 0 Å². The lowest BCUT2D eigenvalue weighted by molar-refractivity contribution is -0.0505. The fourth-order valence-corrected chi connectivity index (χ4v) is 8.62. The maximum Gasteiger partial charge on any atom is 0.0577 e. The minimum Gasteiger partial charge on any atom is -0.393 e. The van der Waals surface area contributed by atoms with Crippen LogP contribution in [0, 0.1) is 46.3 Å². The van der Waals surface area contributed by atoms with E-state index in [2.05, 4.69) is 52.8 Å². The summed E-state index contributed by atoms with van der Waals surface area (Å²) in [4.78, 5) is 0. The van der Waals surface area contributed by atoms with Crippen LogP contribution < -0.4 is 0 Å². The Morgan fingerprint density at radius 2 is 1.90 bits per heavy atom. The largest absolute Gasteiger partial charge is 0.393 e. The van der Waals surface area contributed by atoms with Crippen LogP contribution in [0.2, 0.25) is 0 Å². The van der Waals surface area contributed by atoms with E-state index in [1.165, 1.54) is 57.8 Å². The minimum absolute atomic E-state index is 0.0818. The Morgan fingerprint density at radius 1 is 1.10 bits per heavy atom. The number of fused-ring (bicyclic) bond motifs is 5. The maximum atomic E-state index is 10.2. The number of allylic oxidation sites excluding steroid dienone is 3. The second kappa shape index (κ2) is 8.76. The molecular formula is C29H48O. The lowest BCUT2D eigenvalue weighted by Gasteiger charge is -2.58. The van der Waals surface area contributed by atoms with Gasteiger partial charge in [0.1, 0.15) is 0 Å². The number of aliphatic hydroxyl groups excluding tert-OH is 1. The van der Waals surface area contributed by atoms with Crippen LogP contribution in [0.15, 0.2) is 23.8 Å². The van der Waals surface area contributed by atoms with E-state index < -0.39 is 0 Å². The van der Waals surface area contributed by atoms with Crippen molar-refractivity contribution in [2.45, 2.75) is 111 Å². The molecule has 170 valence electrons. The van der Waals surface area contributed by atoms with Gasteiger partial charge in [-0.3, -0.25) is 0 Å². The van der Waals surface area contributed by atoms with Crippen LogP contribution in [-0.2, 0) is 0 Å². The highest BCUT2D eigenvalue weighted by molar-refractivity contribution is 5.25. The molecule has 0 amide bonds. The first-order valence-corrected chi connectivity index (χ1v) is 13.3. The normalized spacial score (nSPS) is 44.5. The number of aliphatic hydroxyl groups is 1. The Bertz CT molecular complexity index is 659. The lowest BCUT2D eigenvalue weighted by Crippen LogP contribution is -2.50. The van der Waals surface area contributed by atoms with Crippen LogP contribution >= 0.6 is 0 Å². The first kappa shape index (κ1) is 22.6. The van der Waals surface area contributed by atoms with E-state index in [0.717, 1.165) is 48.3 Å². The molecule has 8 atom stereocenters. The summed E-state index contributed by atoms with van der Waals surface area (Å²) >= 11 is 0. The third-order valence-corrected chi connectivity index (χ3v) is 10.7. The molecule has 0 radical (unpaired) electrons. The molecule has 4 aliphatic carbocycles. The maximum absolute atomic E-state index is 10.2. The van der Waals surface area contributed by atoms with Gasteiger partial charge in [0.15, 0.2) is 0 Å². The molecular weight excluding hydrogens is 364 g/mol. The second-order valence-corrected chi connectivity index (χ2v) is 12.3. The molecule has 8 unspecified atom stereocenters. The van der Waals surface area contributed by atoms with Gasteiger partial charge in [-0.25, -0.2) is 0 Å². The SMILES string of the molecule is CCC(/C=C/CCC1CCC2C3CC=C4CC(O)CCC4(C)C3CCC12C)C(C)C. The topological polar surface area (TPSA) is 20.2 Å². The summed E-state index contributed by atoms with van der Waals surface area (Å²) in [6.45, 7) is 12.3. The molecule has 30 heavy (non-hydrogen) atoms. The van der Waals surface area contributed by atoms with Crippen molar-refractivity contribution in [3.05, 3.63) is 23.8 Å². The van der Waals surface area contributed by atoms with E-state index in [1.807, 2.05) is 0 Å². The zero-order chi connectivity index (χ0) is 21.5. The van der Waals surface area contributed by atoms with Crippen LogP contribution in [0.25, 0.3) is 0 Å². The first-order valence-electron chi connectivity index (χ1n) is 13.3. The van der Waals surface area contributed by atoms with E-state index in [4.69, 9.17) is 0 Å². The molecule has 0 aromatic carbocycles. The molecule has 3 fully saturated rings. The monoisotopic (exact) mass is 412 g/mol.